The Morgan fingerprint density at radius 2 is 1.85 bits per heavy atom. The number of allylic oxidation sites excluding steroid dienone is 1. The fourth-order valence-electron chi connectivity index (χ4n) is 2.58. The van der Waals surface area contributed by atoms with E-state index in [4.69, 9.17) is 4.74 Å². The van der Waals surface area contributed by atoms with Gasteiger partial charge in [0.2, 0.25) is 0 Å². The monoisotopic (exact) mass is 480 g/mol. The number of aromatic nitrogens is 1. The van der Waals surface area contributed by atoms with E-state index in [1.165, 1.54) is 23.9 Å². The van der Waals surface area contributed by atoms with E-state index in [9.17, 15) is 24.3 Å². The largest absolute Gasteiger partial charge is 0.480 e. The summed E-state index contributed by atoms with van der Waals surface area (Å²) in [5.41, 5.74) is -0.269. The van der Waals surface area contributed by atoms with Gasteiger partial charge in [-0.3, -0.25) is 9.59 Å². The highest BCUT2D eigenvalue weighted by Gasteiger charge is 2.26. The zero-order valence-electron chi connectivity index (χ0n) is 19.9. The number of nitrogens with zero attached hydrogens (tertiary/aromatic N) is 1. The molecule has 0 aliphatic rings. The number of amides is 3. The van der Waals surface area contributed by atoms with Gasteiger partial charge in [-0.25, -0.2) is 14.6 Å². The van der Waals surface area contributed by atoms with Crippen LogP contribution in [-0.4, -0.2) is 51.9 Å². The van der Waals surface area contributed by atoms with Gasteiger partial charge in [0.1, 0.15) is 23.0 Å². The minimum Gasteiger partial charge on any atom is -0.480 e. The van der Waals surface area contributed by atoms with Crippen molar-refractivity contribution in [3.05, 3.63) is 35.3 Å². The maximum Gasteiger partial charge on any atom is 0.407 e. The molecule has 0 aliphatic carbocycles. The lowest BCUT2D eigenvalue weighted by Crippen LogP contribution is -2.47. The fourth-order valence-corrected chi connectivity index (χ4v) is 3.13. The zero-order valence-corrected chi connectivity index (χ0v) is 20.8. The first-order chi connectivity index (χ1) is 15.3. The number of alkyl carbamates (subject to hydrolysis) is 1. The standard InChI is InChI=1S/C22H32N4O6S/c1-8-13(18(27)26-17(12(2)3)20(29)30)25-19(28)14-9-10-16(33-7)15(24-14)11-23-21(31)32-22(4,5)6/h8-10,12,17H,11H2,1-7H3,(H,23,31)(H,25,28)(H,26,27)(H,29,30)/b13-8-/t17-/m0/s1. The van der Waals surface area contributed by atoms with Gasteiger partial charge in [-0.15, -0.1) is 11.8 Å². The number of ether oxygens (including phenoxy) is 1. The molecule has 10 nitrogen and oxygen atoms in total. The average Bonchev–Trinajstić information content (AvgIpc) is 2.71. The zero-order chi connectivity index (χ0) is 25.3. The van der Waals surface area contributed by atoms with Gasteiger partial charge in [0, 0.05) is 4.90 Å². The first kappa shape index (κ1) is 28.0. The third-order valence-electron chi connectivity index (χ3n) is 4.18. The summed E-state index contributed by atoms with van der Waals surface area (Å²) in [6.07, 6.45) is 2.59. The number of carbonyl (C=O) groups is 4. The fraction of sp³-hybridized carbons (Fsp3) is 0.500. The van der Waals surface area contributed by atoms with Gasteiger partial charge in [0.25, 0.3) is 11.8 Å². The minimum absolute atomic E-state index is 0.0274. The van der Waals surface area contributed by atoms with Crippen molar-refractivity contribution in [1.82, 2.24) is 20.9 Å². The van der Waals surface area contributed by atoms with Gasteiger partial charge in [0.15, 0.2) is 0 Å². The number of hydrogen-bond donors (Lipinski definition) is 4. The molecule has 0 bridgehead atoms. The molecule has 0 radical (unpaired) electrons. The van der Waals surface area contributed by atoms with Crippen molar-refractivity contribution in [2.24, 2.45) is 5.92 Å². The van der Waals surface area contributed by atoms with Crippen LogP contribution in [0.1, 0.15) is 57.7 Å². The molecular weight excluding hydrogens is 448 g/mol. The van der Waals surface area contributed by atoms with Gasteiger partial charge in [-0.1, -0.05) is 19.9 Å². The molecule has 33 heavy (non-hydrogen) atoms. The molecule has 3 amide bonds. The molecular formula is C22H32N4O6S. The van der Waals surface area contributed by atoms with Gasteiger partial charge in [-0.2, -0.15) is 0 Å². The number of carboxylic acid groups (broad SMARTS) is 1. The van der Waals surface area contributed by atoms with Crippen molar-refractivity contribution in [3.63, 3.8) is 0 Å². The summed E-state index contributed by atoms with van der Waals surface area (Å²) >= 11 is 1.40. The van der Waals surface area contributed by atoms with Crippen LogP contribution in [0, 0.1) is 5.92 Å². The van der Waals surface area contributed by atoms with E-state index in [1.54, 1.807) is 47.6 Å². The van der Waals surface area contributed by atoms with E-state index in [-0.39, 0.29) is 23.9 Å². The van der Waals surface area contributed by atoms with Gasteiger partial charge in [-0.05, 0) is 52.0 Å². The topological polar surface area (TPSA) is 147 Å². The number of pyridine rings is 1. The predicted octanol–water partition coefficient (Wildman–Crippen LogP) is 2.69. The van der Waals surface area contributed by atoms with Crippen molar-refractivity contribution in [1.29, 1.82) is 0 Å². The first-order valence-corrected chi connectivity index (χ1v) is 11.5. The van der Waals surface area contributed by atoms with E-state index in [0.717, 1.165) is 4.90 Å². The lowest BCUT2D eigenvalue weighted by atomic mass is 10.0. The van der Waals surface area contributed by atoms with Crippen LogP contribution in [0.5, 0.6) is 0 Å². The Balaban J connectivity index is 2.96. The van der Waals surface area contributed by atoms with E-state index < -0.39 is 35.5 Å². The van der Waals surface area contributed by atoms with E-state index in [1.807, 2.05) is 6.26 Å². The van der Waals surface area contributed by atoms with Crippen LogP contribution in [0.2, 0.25) is 0 Å². The molecule has 182 valence electrons. The predicted molar refractivity (Wildman–Crippen MR) is 125 cm³/mol. The van der Waals surface area contributed by atoms with Crippen LogP contribution in [0.3, 0.4) is 0 Å². The maximum absolute atomic E-state index is 12.7. The summed E-state index contributed by atoms with van der Waals surface area (Å²) in [6.45, 7) is 10.2. The normalized spacial score (nSPS) is 12.7. The highest BCUT2D eigenvalue weighted by molar-refractivity contribution is 7.98. The highest BCUT2D eigenvalue weighted by atomic mass is 32.2. The molecule has 0 unspecified atom stereocenters. The summed E-state index contributed by atoms with van der Waals surface area (Å²) in [7, 11) is 0. The Morgan fingerprint density at radius 1 is 1.21 bits per heavy atom. The number of thioether (sulfide) groups is 1. The van der Waals surface area contributed by atoms with Crippen LogP contribution >= 0.6 is 11.8 Å². The summed E-state index contributed by atoms with van der Waals surface area (Å²) < 4.78 is 5.21. The lowest BCUT2D eigenvalue weighted by Gasteiger charge is -2.20. The molecule has 1 aromatic rings. The van der Waals surface area contributed by atoms with Crippen molar-refractivity contribution in [2.45, 2.75) is 64.6 Å². The number of carboxylic acids is 1. The first-order valence-electron chi connectivity index (χ1n) is 10.3. The molecule has 0 spiro atoms. The second-order valence-electron chi connectivity index (χ2n) is 8.39. The van der Waals surface area contributed by atoms with Gasteiger partial charge < -0.3 is 25.8 Å². The van der Waals surface area contributed by atoms with E-state index >= 15 is 0 Å². The summed E-state index contributed by atoms with van der Waals surface area (Å²) in [5.74, 6) is -2.89. The molecule has 0 aromatic carbocycles. The Hall–Kier alpha value is -3.08. The number of rotatable bonds is 9. The molecule has 11 heteroatoms. The molecule has 1 heterocycles. The van der Waals surface area contributed by atoms with Crippen LogP contribution in [-0.2, 0) is 20.9 Å². The lowest BCUT2D eigenvalue weighted by molar-refractivity contribution is -0.142. The number of aliphatic carboxylic acids is 1. The highest BCUT2D eigenvalue weighted by Crippen LogP contribution is 2.19. The van der Waals surface area contributed by atoms with Crippen LogP contribution in [0.15, 0.2) is 28.8 Å². The summed E-state index contributed by atoms with van der Waals surface area (Å²) in [5, 5.41) is 16.7. The van der Waals surface area contributed by atoms with Gasteiger partial charge >= 0.3 is 12.1 Å². The molecule has 1 atom stereocenters. The average molecular weight is 481 g/mol. The Kier molecular flexibility index (Phi) is 10.4. The molecule has 4 N–H and O–H groups in total. The number of hydrogen-bond acceptors (Lipinski definition) is 7. The molecule has 0 aliphatic heterocycles. The van der Waals surface area contributed by atoms with E-state index in [2.05, 4.69) is 20.9 Å². The number of nitrogens with one attached hydrogen (secondary N) is 3. The third kappa shape index (κ3) is 9.13. The Morgan fingerprint density at radius 3 is 2.33 bits per heavy atom. The smallest absolute Gasteiger partial charge is 0.407 e. The maximum atomic E-state index is 12.7. The van der Waals surface area contributed by atoms with Crippen molar-refractivity contribution < 1.29 is 29.0 Å². The van der Waals surface area contributed by atoms with Crippen LogP contribution in [0.4, 0.5) is 4.79 Å². The van der Waals surface area contributed by atoms with Crippen molar-refractivity contribution >= 4 is 35.6 Å². The van der Waals surface area contributed by atoms with Crippen molar-refractivity contribution in [2.75, 3.05) is 6.26 Å². The summed E-state index contributed by atoms with van der Waals surface area (Å²) in [6, 6.07) is 2.08. The molecule has 0 fully saturated rings. The molecule has 0 saturated heterocycles. The summed E-state index contributed by atoms with van der Waals surface area (Å²) in [4.78, 5) is 53.6. The minimum atomic E-state index is -1.17. The van der Waals surface area contributed by atoms with Gasteiger partial charge in [0.05, 0.1) is 12.2 Å². The molecule has 1 rings (SSSR count). The molecule has 0 saturated carbocycles. The van der Waals surface area contributed by atoms with Crippen LogP contribution in [0.25, 0.3) is 0 Å². The SMILES string of the molecule is C/C=C(\NC(=O)c1ccc(SC)c(CNC(=O)OC(C)(C)C)n1)C(=O)N[C@H](C(=O)O)C(C)C. The Bertz CT molecular complexity index is 924. The second-order valence-corrected chi connectivity index (χ2v) is 9.24. The third-order valence-corrected chi connectivity index (χ3v) is 5.00. The number of carbonyl (C=O) groups excluding carboxylic acids is 3. The van der Waals surface area contributed by atoms with E-state index in [0.29, 0.717) is 5.69 Å². The van der Waals surface area contributed by atoms with Crippen molar-refractivity contribution in [3.8, 4) is 0 Å². The Labute approximate surface area is 197 Å². The molecule has 1 aromatic heterocycles. The quantitative estimate of drug-likeness (QED) is 0.312. The van der Waals surface area contributed by atoms with Crippen LogP contribution < -0.4 is 16.0 Å². The second kappa shape index (κ2) is 12.2.